The van der Waals surface area contributed by atoms with Crippen molar-refractivity contribution in [2.45, 2.75) is 4.90 Å². The van der Waals surface area contributed by atoms with E-state index in [-0.39, 0.29) is 41.4 Å². The minimum atomic E-state index is -5.05. The fraction of sp³-hybridized carbons (Fsp3) is 0. The van der Waals surface area contributed by atoms with Gasteiger partial charge in [0.1, 0.15) is 4.90 Å². The predicted molar refractivity (Wildman–Crippen MR) is 67.4 cm³/mol. The summed E-state index contributed by atoms with van der Waals surface area (Å²) in [4.78, 5) is 42.1. The molecule has 120 valence electrons. The Bertz CT molecular complexity index is 738. The van der Waals surface area contributed by atoms with Gasteiger partial charge in [-0.15, -0.1) is 0 Å². The molecule has 11 nitrogen and oxygen atoms in total. The molecule has 0 saturated carbocycles. The van der Waals surface area contributed by atoms with Crippen LogP contribution < -0.4 is 34.3 Å². The number of hydrogen-bond donors (Lipinski definition) is 5. The number of fused-ring (bicyclic) bond motifs is 1. The first kappa shape index (κ1) is 21.9. The summed E-state index contributed by atoms with van der Waals surface area (Å²) in [5.74, 6) is -0.550. The van der Waals surface area contributed by atoms with Crippen LogP contribution in [0, 0.1) is 0 Å². The normalized spacial score (nSPS) is 15.7. The minimum absolute atomic E-state index is 0. The van der Waals surface area contributed by atoms with Gasteiger partial charge in [0.25, 0.3) is 15.9 Å². The molecule has 1 aromatic carbocycles. The molecule has 0 aliphatic carbocycles. The van der Waals surface area contributed by atoms with E-state index < -0.39 is 31.6 Å². The molecule has 1 amide bonds. The fourth-order valence-corrected chi connectivity index (χ4v) is 3.54. The van der Waals surface area contributed by atoms with Crippen LogP contribution in [0.15, 0.2) is 29.2 Å². The van der Waals surface area contributed by atoms with Gasteiger partial charge >= 0.3 is 45.2 Å². The molecule has 0 saturated heterocycles. The molecule has 22 heavy (non-hydrogen) atoms. The summed E-state index contributed by atoms with van der Waals surface area (Å²) in [6.07, 6.45) is 0. The standard InChI is InChI=1S/C7H5NO3S.Na.H4O7P2.H/c9-7-5-3-1-2-4-6(5)12(10,11)8-7;;1-8(2,3)7-9(4,5)6;/h1-4H,(H,8,9);;(H2,1,2,3)(H2,4,5,6);/q;+1;;-1. The van der Waals surface area contributed by atoms with Crippen molar-refractivity contribution in [3.05, 3.63) is 29.8 Å². The molecular formula is C7H10NNaO10P2S. The van der Waals surface area contributed by atoms with Gasteiger partial charge in [0.15, 0.2) is 0 Å². The Hall–Kier alpha value is -0.100. The van der Waals surface area contributed by atoms with Crippen LogP contribution in [0.2, 0.25) is 0 Å². The van der Waals surface area contributed by atoms with Crippen LogP contribution in [0.5, 0.6) is 0 Å². The monoisotopic (exact) mass is 385 g/mol. The van der Waals surface area contributed by atoms with Crippen molar-refractivity contribution in [1.82, 2.24) is 4.72 Å². The van der Waals surface area contributed by atoms with Crippen LogP contribution in [0.4, 0.5) is 0 Å². The number of sulfonamides is 1. The molecule has 0 bridgehead atoms. The third kappa shape index (κ3) is 6.99. The SMILES string of the molecule is O=C1NS(=O)(=O)c2ccccc21.O=P(O)(O)OP(=O)(O)O.[H-].[Na+]. The number of benzene rings is 1. The number of amides is 1. The Morgan fingerprint density at radius 1 is 1.05 bits per heavy atom. The van der Waals surface area contributed by atoms with Gasteiger partial charge in [-0.1, -0.05) is 12.1 Å². The van der Waals surface area contributed by atoms with Gasteiger partial charge in [-0.2, -0.15) is 4.31 Å². The summed E-state index contributed by atoms with van der Waals surface area (Å²) < 4.78 is 46.4. The van der Waals surface area contributed by atoms with E-state index >= 15 is 0 Å². The number of nitrogens with one attached hydrogen (secondary N) is 1. The summed E-state index contributed by atoms with van der Waals surface area (Å²) in [6.45, 7) is 0. The summed E-state index contributed by atoms with van der Waals surface area (Å²) in [7, 11) is -13.7. The van der Waals surface area contributed by atoms with E-state index in [0.29, 0.717) is 0 Å². The number of carbonyl (C=O) groups excluding carboxylic acids is 1. The van der Waals surface area contributed by atoms with Gasteiger partial charge in [0, 0.05) is 0 Å². The maximum Gasteiger partial charge on any atom is 1.00 e. The zero-order valence-corrected chi connectivity index (χ0v) is 15.5. The molecule has 0 aromatic heterocycles. The molecular weight excluding hydrogens is 375 g/mol. The van der Waals surface area contributed by atoms with Crippen LogP contribution in [-0.4, -0.2) is 33.9 Å². The zero-order valence-electron chi connectivity index (χ0n) is 11.9. The molecule has 0 spiro atoms. The van der Waals surface area contributed by atoms with Crippen molar-refractivity contribution in [2.24, 2.45) is 0 Å². The van der Waals surface area contributed by atoms with E-state index in [4.69, 9.17) is 19.6 Å². The molecule has 2 rings (SSSR count). The second-order valence-corrected chi connectivity index (χ2v) is 7.76. The number of rotatable bonds is 2. The summed E-state index contributed by atoms with van der Waals surface area (Å²) in [5, 5.41) is 0. The average molecular weight is 385 g/mol. The molecule has 0 fully saturated rings. The number of hydrogen-bond acceptors (Lipinski definition) is 6. The average Bonchev–Trinajstić information content (AvgIpc) is 2.46. The first-order valence-electron chi connectivity index (χ1n) is 4.80. The Labute approximate surface area is 148 Å². The van der Waals surface area contributed by atoms with E-state index in [1.165, 1.54) is 12.1 Å². The Morgan fingerprint density at radius 3 is 1.86 bits per heavy atom. The van der Waals surface area contributed by atoms with Crippen molar-refractivity contribution in [3.8, 4) is 0 Å². The maximum atomic E-state index is 11.1. The third-order valence-electron chi connectivity index (χ3n) is 1.86. The quantitative estimate of drug-likeness (QED) is 0.252. The van der Waals surface area contributed by atoms with Gasteiger partial charge in [0.2, 0.25) is 0 Å². The molecule has 0 radical (unpaired) electrons. The zero-order chi connectivity index (χ0) is 16.5. The molecule has 1 aliphatic rings. The fourth-order valence-electron chi connectivity index (χ4n) is 1.26. The summed E-state index contributed by atoms with van der Waals surface area (Å²) in [6, 6.07) is 6.09. The van der Waals surface area contributed by atoms with Crippen LogP contribution in [0.1, 0.15) is 11.8 Å². The topological polar surface area (TPSA) is 188 Å². The van der Waals surface area contributed by atoms with E-state index in [9.17, 15) is 22.3 Å². The molecule has 1 aliphatic heterocycles. The molecule has 1 heterocycles. The van der Waals surface area contributed by atoms with Crippen LogP contribution in [-0.2, 0) is 23.5 Å². The van der Waals surface area contributed by atoms with Gasteiger partial charge < -0.3 is 21.0 Å². The van der Waals surface area contributed by atoms with Crippen molar-refractivity contribution >= 4 is 31.6 Å². The minimum Gasteiger partial charge on any atom is -1.00 e. The van der Waals surface area contributed by atoms with Crippen LogP contribution >= 0.6 is 15.6 Å². The van der Waals surface area contributed by atoms with Crippen LogP contribution in [0.3, 0.4) is 0 Å². The van der Waals surface area contributed by atoms with Crippen molar-refractivity contribution in [3.63, 3.8) is 0 Å². The van der Waals surface area contributed by atoms with Gasteiger partial charge in [0.05, 0.1) is 5.56 Å². The van der Waals surface area contributed by atoms with Crippen molar-refractivity contribution < 1.29 is 77.2 Å². The van der Waals surface area contributed by atoms with E-state index in [2.05, 4.69) is 4.31 Å². The molecule has 15 heteroatoms. The largest absolute Gasteiger partial charge is 1.00 e. The van der Waals surface area contributed by atoms with Gasteiger partial charge in [-0.25, -0.2) is 22.3 Å². The Kier molecular flexibility index (Phi) is 7.61. The predicted octanol–water partition coefficient (Wildman–Crippen LogP) is -3.58. The maximum absolute atomic E-state index is 11.1. The summed E-state index contributed by atoms with van der Waals surface area (Å²) in [5.41, 5.74) is 0.220. The van der Waals surface area contributed by atoms with Crippen molar-refractivity contribution in [2.75, 3.05) is 0 Å². The van der Waals surface area contributed by atoms with Crippen LogP contribution in [0.25, 0.3) is 0 Å². The second-order valence-electron chi connectivity index (χ2n) is 3.49. The molecule has 0 unspecified atom stereocenters. The van der Waals surface area contributed by atoms with Gasteiger partial charge in [-0.3, -0.25) is 4.79 Å². The molecule has 1 aromatic rings. The Balaban J connectivity index is 0. The van der Waals surface area contributed by atoms with Gasteiger partial charge in [-0.05, 0) is 12.1 Å². The molecule has 5 N–H and O–H groups in total. The first-order valence-corrected chi connectivity index (χ1v) is 9.35. The van der Waals surface area contributed by atoms with E-state index in [0.717, 1.165) is 0 Å². The van der Waals surface area contributed by atoms with Crippen molar-refractivity contribution in [1.29, 1.82) is 0 Å². The first-order chi connectivity index (χ1) is 9.32. The van der Waals surface area contributed by atoms with E-state index in [1.807, 2.05) is 4.72 Å². The smallest absolute Gasteiger partial charge is 1.00 e. The summed E-state index contributed by atoms with van der Waals surface area (Å²) >= 11 is 0. The third-order valence-corrected chi connectivity index (χ3v) is 4.95. The molecule has 0 atom stereocenters. The van der Waals surface area contributed by atoms with E-state index in [1.54, 1.807) is 12.1 Å². The Morgan fingerprint density at radius 2 is 1.50 bits per heavy atom. The number of carbonyl (C=O) groups is 1. The number of phosphoric acid groups is 2. The second kappa shape index (κ2) is 7.65.